The Morgan fingerprint density at radius 1 is 1.12 bits per heavy atom. The molecule has 2 aromatic heterocycles. The molecule has 2 heterocycles. The third-order valence-corrected chi connectivity index (χ3v) is 5.31. The summed E-state index contributed by atoms with van der Waals surface area (Å²) in [6, 6.07) is 7.93. The van der Waals surface area contributed by atoms with E-state index in [0.29, 0.717) is 17.3 Å². The van der Waals surface area contributed by atoms with Crippen LogP contribution in [0.5, 0.6) is 0 Å². The van der Waals surface area contributed by atoms with Gasteiger partial charge >= 0.3 is 0 Å². The van der Waals surface area contributed by atoms with E-state index in [4.69, 9.17) is 4.42 Å². The number of carbonyl (C=O) groups excluding carboxylic acids is 1. The van der Waals surface area contributed by atoms with Gasteiger partial charge in [-0.15, -0.1) is 11.3 Å². The summed E-state index contributed by atoms with van der Waals surface area (Å²) < 4.78 is 5.76. The van der Waals surface area contributed by atoms with E-state index in [1.165, 1.54) is 33.6 Å². The number of anilines is 1. The van der Waals surface area contributed by atoms with Crippen molar-refractivity contribution in [3.05, 3.63) is 68.6 Å². The van der Waals surface area contributed by atoms with Crippen molar-refractivity contribution >= 4 is 22.4 Å². The van der Waals surface area contributed by atoms with E-state index in [0.717, 1.165) is 16.3 Å². The number of thiazole rings is 1. The van der Waals surface area contributed by atoms with Gasteiger partial charge in [0.15, 0.2) is 10.9 Å². The maximum Gasteiger partial charge on any atom is 0.293 e. The van der Waals surface area contributed by atoms with Gasteiger partial charge < -0.3 is 4.42 Å². The van der Waals surface area contributed by atoms with Crippen LogP contribution in [-0.2, 0) is 6.42 Å². The number of benzene rings is 1. The fourth-order valence-electron chi connectivity index (χ4n) is 2.94. The summed E-state index contributed by atoms with van der Waals surface area (Å²) in [6.45, 7) is 10.2. The van der Waals surface area contributed by atoms with E-state index in [1.54, 1.807) is 6.07 Å². The molecule has 0 saturated heterocycles. The normalized spacial score (nSPS) is 10.9. The van der Waals surface area contributed by atoms with Gasteiger partial charge in [0.25, 0.3) is 5.91 Å². The molecule has 0 spiro atoms. The van der Waals surface area contributed by atoms with Crippen LogP contribution >= 0.6 is 11.3 Å². The molecule has 0 aliphatic carbocycles. The minimum atomic E-state index is -0.266. The second kappa shape index (κ2) is 6.84. The van der Waals surface area contributed by atoms with E-state index in [9.17, 15) is 4.79 Å². The van der Waals surface area contributed by atoms with Crippen molar-refractivity contribution in [2.45, 2.75) is 41.0 Å². The number of amides is 1. The van der Waals surface area contributed by atoms with E-state index in [2.05, 4.69) is 43.2 Å². The quantitative estimate of drug-likeness (QED) is 0.707. The van der Waals surface area contributed by atoms with Crippen LogP contribution in [0.25, 0.3) is 0 Å². The fraction of sp³-hybridized carbons (Fsp3) is 0.300. The number of rotatable bonds is 4. The van der Waals surface area contributed by atoms with Crippen molar-refractivity contribution < 1.29 is 9.21 Å². The molecule has 5 heteroatoms. The minimum Gasteiger partial charge on any atom is -0.456 e. The molecular weight excluding hydrogens is 332 g/mol. The molecule has 4 nitrogen and oxygen atoms in total. The standard InChI is InChI=1S/C20H22N2O2S/c1-11-8-12(2)17(13(3)9-11)10-16-6-7-18(24-16)19(23)22-20-21-14(4)15(5)25-20/h6-9H,10H2,1-5H3,(H,21,22,23). The first-order valence-electron chi connectivity index (χ1n) is 8.24. The summed E-state index contributed by atoms with van der Waals surface area (Å²) in [4.78, 5) is 17.8. The van der Waals surface area contributed by atoms with Crippen molar-refractivity contribution in [2.75, 3.05) is 5.32 Å². The first-order chi connectivity index (χ1) is 11.8. The zero-order valence-electron chi connectivity index (χ0n) is 15.2. The smallest absolute Gasteiger partial charge is 0.293 e. The molecule has 0 atom stereocenters. The van der Waals surface area contributed by atoms with Crippen LogP contribution in [0.3, 0.4) is 0 Å². The Morgan fingerprint density at radius 3 is 2.40 bits per heavy atom. The average Bonchev–Trinajstić information content (AvgIpc) is 3.10. The highest BCUT2D eigenvalue weighted by Crippen LogP contribution is 2.24. The number of aromatic nitrogens is 1. The molecular formula is C20H22N2O2S. The Bertz CT molecular complexity index is 895. The van der Waals surface area contributed by atoms with Gasteiger partial charge in [0.2, 0.25) is 0 Å². The molecule has 1 amide bonds. The van der Waals surface area contributed by atoms with Crippen molar-refractivity contribution in [3.63, 3.8) is 0 Å². The molecule has 0 saturated carbocycles. The molecule has 0 aliphatic rings. The minimum absolute atomic E-state index is 0.266. The lowest BCUT2D eigenvalue weighted by Crippen LogP contribution is -2.10. The second-order valence-electron chi connectivity index (χ2n) is 6.43. The second-order valence-corrected chi connectivity index (χ2v) is 7.64. The highest BCUT2D eigenvalue weighted by molar-refractivity contribution is 7.15. The van der Waals surface area contributed by atoms with Gasteiger partial charge in [-0.1, -0.05) is 17.7 Å². The van der Waals surface area contributed by atoms with Crippen LogP contribution in [0, 0.1) is 34.6 Å². The first kappa shape index (κ1) is 17.4. The lowest BCUT2D eigenvalue weighted by molar-refractivity contribution is 0.0995. The van der Waals surface area contributed by atoms with Crippen LogP contribution in [0.15, 0.2) is 28.7 Å². The Hall–Kier alpha value is -2.40. The number of aryl methyl sites for hydroxylation is 5. The average molecular weight is 354 g/mol. The summed E-state index contributed by atoms with van der Waals surface area (Å²) in [5.41, 5.74) is 5.93. The van der Waals surface area contributed by atoms with E-state index in [1.807, 2.05) is 19.9 Å². The molecule has 3 rings (SSSR count). The molecule has 0 unspecified atom stereocenters. The number of carbonyl (C=O) groups is 1. The molecule has 25 heavy (non-hydrogen) atoms. The summed E-state index contributed by atoms with van der Waals surface area (Å²) >= 11 is 1.47. The molecule has 0 radical (unpaired) electrons. The van der Waals surface area contributed by atoms with Crippen molar-refractivity contribution in [1.82, 2.24) is 4.98 Å². The van der Waals surface area contributed by atoms with Crippen molar-refractivity contribution in [1.29, 1.82) is 0 Å². The first-order valence-corrected chi connectivity index (χ1v) is 9.06. The summed E-state index contributed by atoms with van der Waals surface area (Å²) in [5.74, 6) is 0.826. The van der Waals surface area contributed by atoms with Gasteiger partial charge in [0, 0.05) is 11.3 Å². The van der Waals surface area contributed by atoms with Crippen LogP contribution in [-0.4, -0.2) is 10.9 Å². The summed E-state index contributed by atoms with van der Waals surface area (Å²) in [5, 5.41) is 3.40. The Labute approximate surface area is 151 Å². The largest absolute Gasteiger partial charge is 0.456 e. The van der Waals surface area contributed by atoms with E-state index < -0.39 is 0 Å². The van der Waals surface area contributed by atoms with Gasteiger partial charge in [0.1, 0.15) is 5.76 Å². The molecule has 0 aliphatic heterocycles. The summed E-state index contributed by atoms with van der Waals surface area (Å²) in [6.07, 6.45) is 0.681. The number of nitrogens with zero attached hydrogens (tertiary/aromatic N) is 1. The maximum absolute atomic E-state index is 12.3. The van der Waals surface area contributed by atoms with E-state index >= 15 is 0 Å². The van der Waals surface area contributed by atoms with Crippen LogP contribution in [0.2, 0.25) is 0 Å². The van der Waals surface area contributed by atoms with Crippen LogP contribution in [0.4, 0.5) is 5.13 Å². The zero-order chi connectivity index (χ0) is 18.1. The third-order valence-electron chi connectivity index (χ3n) is 4.33. The lowest BCUT2D eigenvalue weighted by Gasteiger charge is -2.09. The fourth-order valence-corrected chi connectivity index (χ4v) is 3.75. The number of hydrogen-bond acceptors (Lipinski definition) is 4. The molecule has 130 valence electrons. The molecule has 3 aromatic rings. The van der Waals surface area contributed by atoms with Crippen molar-refractivity contribution in [2.24, 2.45) is 0 Å². The van der Waals surface area contributed by atoms with Crippen LogP contribution < -0.4 is 5.32 Å². The number of furan rings is 1. The zero-order valence-corrected chi connectivity index (χ0v) is 16.0. The highest BCUT2D eigenvalue weighted by atomic mass is 32.1. The topological polar surface area (TPSA) is 55.1 Å². The Morgan fingerprint density at radius 2 is 1.80 bits per heavy atom. The maximum atomic E-state index is 12.3. The van der Waals surface area contributed by atoms with Gasteiger partial charge in [-0.2, -0.15) is 0 Å². The Kier molecular flexibility index (Phi) is 4.77. The molecule has 1 N–H and O–H groups in total. The monoisotopic (exact) mass is 354 g/mol. The molecule has 0 bridgehead atoms. The van der Waals surface area contributed by atoms with Gasteiger partial charge in [-0.3, -0.25) is 10.1 Å². The molecule has 0 fully saturated rings. The lowest BCUT2D eigenvalue weighted by atomic mass is 9.97. The number of nitrogens with one attached hydrogen (secondary N) is 1. The highest BCUT2D eigenvalue weighted by Gasteiger charge is 2.15. The third kappa shape index (κ3) is 3.82. The number of hydrogen-bond donors (Lipinski definition) is 1. The predicted octanol–water partition coefficient (Wildman–Crippen LogP) is 5.12. The van der Waals surface area contributed by atoms with Gasteiger partial charge in [-0.25, -0.2) is 4.98 Å². The predicted molar refractivity (Wildman–Crippen MR) is 102 cm³/mol. The SMILES string of the molecule is Cc1cc(C)c(Cc2ccc(C(=O)Nc3nc(C)c(C)s3)o2)c(C)c1. The van der Waals surface area contributed by atoms with E-state index in [-0.39, 0.29) is 5.91 Å². The summed E-state index contributed by atoms with van der Waals surface area (Å²) in [7, 11) is 0. The molecule has 1 aromatic carbocycles. The van der Waals surface area contributed by atoms with Crippen LogP contribution in [0.1, 0.15) is 49.1 Å². The van der Waals surface area contributed by atoms with Crippen molar-refractivity contribution in [3.8, 4) is 0 Å². The van der Waals surface area contributed by atoms with Gasteiger partial charge in [-0.05, 0) is 63.4 Å². The van der Waals surface area contributed by atoms with Gasteiger partial charge in [0.05, 0.1) is 5.69 Å². The Balaban J connectivity index is 1.75.